The van der Waals surface area contributed by atoms with E-state index in [1.165, 1.54) is 9.01 Å². The van der Waals surface area contributed by atoms with Crippen LogP contribution < -0.4 is 0 Å². The molecule has 0 bridgehead atoms. The summed E-state index contributed by atoms with van der Waals surface area (Å²) in [6, 6.07) is 5.51. The average Bonchev–Trinajstić information content (AvgIpc) is 2.78. The zero-order valence-corrected chi connectivity index (χ0v) is 17.6. The number of phenols is 1. The van der Waals surface area contributed by atoms with Crippen LogP contribution in [0.15, 0.2) is 35.5 Å². The molecule has 22 heavy (non-hydrogen) atoms. The molecule has 0 saturated carbocycles. The standard InChI is InChI=1S/C8H10O.C8H13Si.C3H6.Ti/c1-6-3-7(2)5-8(9)4-6;1-9(2,3)8-6-4-5-7-8;1-3-2;/h3-5,9H,1-2H3;4,6H,5H2,1-3H3;1-2H3;/q;-1;;+1. The van der Waals surface area contributed by atoms with Gasteiger partial charge in [0.25, 0.3) is 0 Å². The van der Waals surface area contributed by atoms with Crippen molar-refractivity contribution in [1.82, 2.24) is 0 Å². The number of aryl methyl sites for hydroxylation is 2. The molecule has 0 atom stereocenters. The van der Waals surface area contributed by atoms with E-state index in [1.54, 1.807) is 12.1 Å². The third-order valence-corrected chi connectivity index (χ3v) is 4.67. The summed E-state index contributed by atoms with van der Waals surface area (Å²) in [4.78, 5) is 0. The van der Waals surface area contributed by atoms with Crippen LogP contribution in [-0.4, -0.2) is 17.0 Å². The van der Waals surface area contributed by atoms with Gasteiger partial charge < -0.3 is 5.11 Å². The SMILES string of the molecule is C[C](C)=[Ti+].C[Si](C)(C)C1=[C-]CC=C1.Cc1cc(C)cc(O)c1. The van der Waals surface area contributed by atoms with Gasteiger partial charge >= 0.3 is 37.6 Å². The van der Waals surface area contributed by atoms with Crippen LogP contribution in [0.4, 0.5) is 0 Å². The largest absolute Gasteiger partial charge is 0.508 e. The first-order chi connectivity index (χ1) is 10.0. The summed E-state index contributed by atoms with van der Waals surface area (Å²) in [5.74, 6) is 0.354. The van der Waals surface area contributed by atoms with E-state index in [1.807, 2.05) is 19.9 Å². The third kappa shape index (κ3) is 10.9. The average molecular weight is 349 g/mol. The second kappa shape index (κ2) is 10.1. The van der Waals surface area contributed by atoms with Crippen molar-refractivity contribution in [2.45, 2.75) is 53.8 Å². The van der Waals surface area contributed by atoms with E-state index in [9.17, 15) is 0 Å². The van der Waals surface area contributed by atoms with Crippen molar-refractivity contribution in [2.75, 3.05) is 0 Å². The summed E-state index contributed by atoms with van der Waals surface area (Å²) in [6.07, 6.45) is 8.82. The molecule has 1 aliphatic rings. The second-order valence-corrected chi connectivity index (χ2v) is 13.4. The summed E-state index contributed by atoms with van der Waals surface area (Å²) in [7, 11) is -1.01. The van der Waals surface area contributed by atoms with Crippen LogP contribution in [0.25, 0.3) is 0 Å². The Labute approximate surface area is 149 Å². The van der Waals surface area contributed by atoms with Crippen molar-refractivity contribution < 1.29 is 25.1 Å². The molecule has 0 amide bonds. The van der Waals surface area contributed by atoms with Gasteiger partial charge in [-0.1, -0.05) is 25.7 Å². The predicted octanol–water partition coefficient (Wildman–Crippen LogP) is 5.31. The quantitative estimate of drug-likeness (QED) is 0.538. The summed E-state index contributed by atoms with van der Waals surface area (Å²) >= 11 is 2.08. The molecule has 119 valence electrons. The molecule has 2 rings (SSSR count). The minimum absolute atomic E-state index is 0.354. The van der Waals surface area contributed by atoms with Crippen LogP contribution in [0.3, 0.4) is 0 Å². The Balaban J connectivity index is 0.000000326. The number of phenolic OH excluding ortho intramolecular Hbond substituents is 1. The summed E-state index contributed by atoms with van der Waals surface area (Å²) in [6.45, 7) is 15.2. The van der Waals surface area contributed by atoms with Gasteiger partial charge in [-0.15, -0.1) is 6.42 Å². The van der Waals surface area contributed by atoms with E-state index < -0.39 is 8.07 Å². The number of allylic oxidation sites excluding steroid dienone is 4. The molecule has 0 radical (unpaired) electrons. The molecule has 1 aliphatic carbocycles. The Morgan fingerprint density at radius 2 is 1.55 bits per heavy atom. The van der Waals surface area contributed by atoms with Crippen molar-refractivity contribution in [3.63, 3.8) is 0 Å². The number of rotatable bonds is 1. The van der Waals surface area contributed by atoms with Crippen LogP contribution >= 0.6 is 0 Å². The van der Waals surface area contributed by atoms with Crippen molar-refractivity contribution in [3.05, 3.63) is 52.8 Å². The Hall–Kier alpha value is -0.699. The molecule has 0 heterocycles. The summed E-state index contributed by atoms with van der Waals surface area (Å²) < 4.78 is 1.42. The Morgan fingerprint density at radius 3 is 1.77 bits per heavy atom. The maximum absolute atomic E-state index is 8.99. The summed E-state index contributed by atoms with van der Waals surface area (Å²) in [5.41, 5.74) is 2.21. The van der Waals surface area contributed by atoms with Crippen LogP contribution in [0.2, 0.25) is 19.6 Å². The molecule has 0 fully saturated rings. The zero-order valence-electron chi connectivity index (χ0n) is 15.0. The molecule has 0 aromatic heterocycles. The summed E-state index contributed by atoms with van der Waals surface area (Å²) in [5, 5.41) is 10.5. The number of hydrogen-bond donors (Lipinski definition) is 1. The smallest absolute Gasteiger partial charge is 0.116 e. The molecular weight excluding hydrogens is 320 g/mol. The topological polar surface area (TPSA) is 20.2 Å². The van der Waals surface area contributed by atoms with E-state index in [2.05, 4.69) is 71.7 Å². The molecular formula is C19H29OSiTi. The van der Waals surface area contributed by atoms with E-state index >= 15 is 0 Å². The van der Waals surface area contributed by atoms with Gasteiger partial charge in [-0.3, -0.25) is 6.08 Å². The van der Waals surface area contributed by atoms with Gasteiger partial charge in [-0.05, 0) is 37.1 Å². The van der Waals surface area contributed by atoms with Gasteiger partial charge in [0.1, 0.15) is 5.75 Å². The first-order valence-electron chi connectivity index (χ1n) is 7.59. The number of benzene rings is 1. The number of hydrogen-bond acceptors (Lipinski definition) is 1. The minimum atomic E-state index is -1.01. The van der Waals surface area contributed by atoms with Gasteiger partial charge in [0.15, 0.2) is 0 Å². The molecule has 1 nitrogen and oxygen atoms in total. The van der Waals surface area contributed by atoms with E-state index in [-0.39, 0.29) is 0 Å². The van der Waals surface area contributed by atoms with Gasteiger partial charge in [-0.2, -0.15) is 6.08 Å². The molecule has 0 unspecified atom stereocenters. The fourth-order valence-electron chi connectivity index (χ4n) is 1.87. The molecule has 1 aromatic carbocycles. The third-order valence-electron chi connectivity index (χ3n) is 2.71. The molecule has 1 N–H and O–H groups in total. The van der Waals surface area contributed by atoms with Crippen molar-refractivity contribution in [1.29, 1.82) is 0 Å². The van der Waals surface area contributed by atoms with Crippen molar-refractivity contribution in [2.24, 2.45) is 0 Å². The minimum Gasteiger partial charge on any atom is -0.508 e. The van der Waals surface area contributed by atoms with E-state index in [0.29, 0.717) is 5.75 Å². The fraction of sp³-hybridized carbons (Fsp3) is 0.421. The van der Waals surface area contributed by atoms with Gasteiger partial charge in [0, 0.05) is 8.07 Å². The molecule has 1 aromatic rings. The first-order valence-corrected chi connectivity index (χ1v) is 11.9. The second-order valence-electron chi connectivity index (χ2n) is 6.79. The maximum atomic E-state index is 8.99. The monoisotopic (exact) mass is 349 g/mol. The molecule has 0 saturated heterocycles. The fourth-order valence-corrected chi connectivity index (χ4v) is 3.12. The van der Waals surface area contributed by atoms with E-state index in [0.717, 1.165) is 17.5 Å². The van der Waals surface area contributed by atoms with E-state index in [4.69, 9.17) is 5.11 Å². The first kappa shape index (κ1) is 21.3. The molecule has 3 heteroatoms. The number of aromatic hydroxyl groups is 1. The Kier molecular flexibility index (Phi) is 9.82. The van der Waals surface area contributed by atoms with Crippen molar-refractivity contribution in [3.8, 4) is 5.75 Å². The van der Waals surface area contributed by atoms with Gasteiger partial charge in [0.2, 0.25) is 0 Å². The van der Waals surface area contributed by atoms with Crippen LogP contribution in [0.1, 0.15) is 31.4 Å². The Morgan fingerprint density at radius 1 is 1.09 bits per heavy atom. The molecule has 0 spiro atoms. The van der Waals surface area contributed by atoms with Crippen LogP contribution in [-0.2, 0) is 20.0 Å². The predicted molar refractivity (Wildman–Crippen MR) is 97.8 cm³/mol. The maximum Gasteiger partial charge on any atom is 0.116 e. The van der Waals surface area contributed by atoms with Crippen LogP contribution in [0, 0.1) is 19.9 Å². The normalized spacial score (nSPS) is 12.7. The Bertz CT molecular complexity index is 497. The van der Waals surface area contributed by atoms with Gasteiger partial charge in [0.05, 0.1) is 0 Å². The molecule has 0 aliphatic heterocycles. The van der Waals surface area contributed by atoms with Gasteiger partial charge in [-0.25, -0.2) is 11.3 Å². The van der Waals surface area contributed by atoms with Crippen molar-refractivity contribution >= 4 is 11.9 Å². The zero-order chi connectivity index (χ0) is 17.3. The van der Waals surface area contributed by atoms with Crippen LogP contribution in [0.5, 0.6) is 5.75 Å².